The van der Waals surface area contributed by atoms with Gasteiger partial charge in [-0.05, 0) is 36.6 Å². The predicted octanol–water partition coefficient (Wildman–Crippen LogP) is 2.85. The van der Waals surface area contributed by atoms with Gasteiger partial charge in [-0.25, -0.2) is 8.42 Å². The zero-order valence-electron chi connectivity index (χ0n) is 17.0. The molecule has 2 aromatic carbocycles. The van der Waals surface area contributed by atoms with Gasteiger partial charge in [0, 0.05) is 25.3 Å². The van der Waals surface area contributed by atoms with E-state index in [0.717, 1.165) is 17.7 Å². The molecule has 31 heavy (non-hydrogen) atoms. The summed E-state index contributed by atoms with van der Waals surface area (Å²) in [6, 6.07) is 15.3. The van der Waals surface area contributed by atoms with E-state index in [1.165, 1.54) is 22.5 Å². The van der Waals surface area contributed by atoms with Crippen LogP contribution in [0, 0.1) is 0 Å². The third kappa shape index (κ3) is 3.92. The van der Waals surface area contributed by atoms with Crippen LogP contribution in [0.2, 0.25) is 0 Å². The van der Waals surface area contributed by atoms with Crippen LogP contribution in [0.15, 0.2) is 77.8 Å². The van der Waals surface area contributed by atoms with Crippen LogP contribution in [0.1, 0.15) is 18.4 Å². The Kier molecular flexibility index (Phi) is 5.75. The van der Waals surface area contributed by atoms with Crippen LogP contribution in [0.5, 0.6) is 0 Å². The van der Waals surface area contributed by atoms with E-state index in [0.29, 0.717) is 24.3 Å². The molecule has 0 aromatic heterocycles. The summed E-state index contributed by atoms with van der Waals surface area (Å²) < 4.78 is 27.3. The van der Waals surface area contributed by atoms with Crippen molar-refractivity contribution in [2.24, 2.45) is 0 Å². The van der Waals surface area contributed by atoms with Crippen molar-refractivity contribution in [1.82, 2.24) is 9.21 Å². The van der Waals surface area contributed by atoms with Crippen molar-refractivity contribution in [2.45, 2.75) is 17.7 Å². The molecule has 0 unspecified atom stereocenters. The smallest absolute Gasteiger partial charge is 0.278 e. The number of hydrogen-bond donors (Lipinski definition) is 1. The van der Waals surface area contributed by atoms with Crippen molar-refractivity contribution >= 4 is 33.1 Å². The Bertz CT molecular complexity index is 1170. The van der Waals surface area contributed by atoms with Crippen molar-refractivity contribution in [1.29, 1.82) is 0 Å². The first-order chi connectivity index (χ1) is 14.9. The van der Waals surface area contributed by atoms with E-state index in [2.05, 4.69) is 11.9 Å². The normalized spacial score (nSPS) is 17.5. The minimum Gasteiger partial charge on any atom is -0.350 e. The Morgan fingerprint density at radius 3 is 2.35 bits per heavy atom. The molecule has 4 rings (SSSR count). The van der Waals surface area contributed by atoms with Gasteiger partial charge < -0.3 is 5.32 Å². The van der Waals surface area contributed by atoms with Gasteiger partial charge in [-0.1, -0.05) is 42.5 Å². The summed E-state index contributed by atoms with van der Waals surface area (Å²) in [5, 5.41) is 3.01. The highest BCUT2D eigenvalue weighted by atomic mass is 32.2. The molecule has 2 heterocycles. The second-order valence-corrected chi connectivity index (χ2v) is 9.33. The summed E-state index contributed by atoms with van der Waals surface area (Å²) in [6.45, 7) is 4.72. The zero-order chi connectivity index (χ0) is 22.0. The molecular formula is C23H23N3O4S. The van der Waals surface area contributed by atoms with Gasteiger partial charge in [-0.15, -0.1) is 6.58 Å². The first-order valence-corrected chi connectivity index (χ1v) is 11.5. The van der Waals surface area contributed by atoms with Crippen LogP contribution in [-0.4, -0.2) is 49.1 Å². The number of hydrogen-bond acceptors (Lipinski definition) is 5. The molecule has 160 valence electrons. The SMILES string of the molecule is C=CCN1C(=O)C(Nc2cccc(S(=O)(=O)N3CCCC3)c2)=C(c2ccccc2)C1=O. The van der Waals surface area contributed by atoms with Crippen LogP contribution < -0.4 is 5.32 Å². The molecule has 1 N–H and O–H groups in total. The third-order valence-corrected chi connectivity index (χ3v) is 7.24. The van der Waals surface area contributed by atoms with Crippen LogP contribution in [0.3, 0.4) is 0 Å². The first-order valence-electron chi connectivity index (χ1n) is 10.1. The number of rotatable bonds is 7. The molecular weight excluding hydrogens is 414 g/mol. The van der Waals surface area contributed by atoms with Gasteiger partial charge in [0.1, 0.15) is 5.70 Å². The second-order valence-electron chi connectivity index (χ2n) is 7.39. The minimum atomic E-state index is -3.60. The lowest BCUT2D eigenvalue weighted by Gasteiger charge is -2.16. The molecule has 7 nitrogen and oxygen atoms in total. The van der Waals surface area contributed by atoms with Crippen LogP contribution in [-0.2, 0) is 19.6 Å². The molecule has 0 saturated carbocycles. The molecule has 2 amide bonds. The predicted molar refractivity (Wildman–Crippen MR) is 118 cm³/mol. The standard InChI is InChI=1S/C23H23N3O4S/c1-2-13-26-22(27)20(17-9-4-3-5-10-17)21(23(26)28)24-18-11-8-12-19(16-18)31(29,30)25-14-6-7-15-25/h2-5,8-12,16,24H,1,6-7,13-15H2. The van der Waals surface area contributed by atoms with Gasteiger partial charge >= 0.3 is 0 Å². The average molecular weight is 438 g/mol. The maximum Gasteiger partial charge on any atom is 0.278 e. The van der Waals surface area contributed by atoms with Gasteiger partial charge in [-0.2, -0.15) is 4.31 Å². The van der Waals surface area contributed by atoms with E-state index >= 15 is 0 Å². The van der Waals surface area contributed by atoms with Gasteiger partial charge in [-0.3, -0.25) is 14.5 Å². The molecule has 0 spiro atoms. The number of imide groups is 1. The Hall–Kier alpha value is -3.23. The zero-order valence-corrected chi connectivity index (χ0v) is 17.8. The van der Waals surface area contributed by atoms with E-state index in [9.17, 15) is 18.0 Å². The summed E-state index contributed by atoms with van der Waals surface area (Å²) >= 11 is 0. The summed E-state index contributed by atoms with van der Waals surface area (Å²) in [5.74, 6) is -0.893. The van der Waals surface area contributed by atoms with E-state index < -0.39 is 21.8 Å². The Morgan fingerprint density at radius 1 is 0.968 bits per heavy atom. The van der Waals surface area contributed by atoms with Crippen LogP contribution >= 0.6 is 0 Å². The highest BCUT2D eigenvalue weighted by Gasteiger charge is 2.38. The van der Waals surface area contributed by atoms with E-state index in [1.54, 1.807) is 36.4 Å². The molecule has 8 heteroatoms. The van der Waals surface area contributed by atoms with Gasteiger partial charge in [0.25, 0.3) is 11.8 Å². The molecule has 1 fully saturated rings. The fourth-order valence-corrected chi connectivity index (χ4v) is 5.38. The van der Waals surface area contributed by atoms with Gasteiger partial charge in [0.05, 0.1) is 10.5 Å². The van der Waals surface area contributed by atoms with Crippen molar-refractivity contribution in [3.05, 3.63) is 78.5 Å². The molecule has 0 atom stereocenters. The Balaban J connectivity index is 1.72. The molecule has 0 aliphatic carbocycles. The lowest BCUT2D eigenvalue weighted by Crippen LogP contribution is -2.32. The maximum atomic E-state index is 13.0. The number of amides is 2. The monoisotopic (exact) mass is 437 g/mol. The number of carbonyl (C=O) groups is 2. The van der Waals surface area contributed by atoms with E-state index in [-0.39, 0.29) is 22.7 Å². The fourth-order valence-electron chi connectivity index (χ4n) is 3.82. The number of nitrogens with one attached hydrogen (secondary N) is 1. The van der Waals surface area contributed by atoms with Crippen molar-refractivity contribution in [3.63, 3.8) is 0 Å². The number of nitrogens with zero attached hydrogens (tertiary/aromatic N) is 2. The first kappa shape index (κ1) is 21.0. The molecule has 0 bridgehead atoms. The lowest BCUT2D eigenvalue weighted by atomic mass is 10.0. The number of anilines is 1. The minimum absolute atomic E-state index is 0.0859. The maximum absolute atomic E-state index is 13.0. The van der Waals surface area contributed by atoms with E-state index in [1.807, 2.05) is 6.07 Å². The lowest BCUT2D eigenvalue weighted by molar-refractivity contribution is -0.136. The topological polar surface area (TPSA) is 86.8 Å². The Morgan fingerprint density at radius 2 is 1.68 bits per heavy atom. The molecule has 2 aromatic rings. The highest BCUT2D eigenvalue weighted by molar-refractivity contribution is 7.89. The highest BCUT2D eigenvalue weighted by Crippen LogP contribution is 2.31. The summed E-state index contributed by atoms with van der Waals surface area (Å²) in [5.41, 5.74) is 1.40. The molecule has 2 aliphatic heterocycles. The van der Waals surface area contributed by atoms with Crippen molar-refractivity contribution < 1.29 is 18.0 Å². The molecule has 2 aliphatic rings. The number of sulfonamides is 1. The number of benzene rings is 2. The third-order valence-electron chi connectivity index (χ3n) is 5.35. The average Bonchev–Trinajstić information content (AvgIpc) is 3.39. The Labute approximate surface area is 181 Å². The van der Waals surface area contributed by atoms with Gasteiger partial charge in [0.15, 0.2) is 0 Å². The molecule has 0 radical (unpaired) electrons. The fraction of sp³-hybridized carbons (Fsp3) is 0.217. The molecule has 1 saturated heterocycles. The van der Waals surface area contributed by atoms with Crippen LogP contribution in [0.25, 0.3) is 5.57 Å². The quantitative estimate of drug-likeness (QED) is 0.532. The summed E-state index contributed by atoms with van der Waals surface area (Å²) in [4.78, 5) is 27.2. The largest absolute Gasteiger partial charge is 0.350 e. The van der Waals surface area contributed by atoms with E-state index in [4.69, 9.17) is 0 Å². The summed E-state index contributed by atoms with van der Waals surface area (Å²) in [7, 11) is -3.60. The number of carbonyl (C=O) groups excluding carboxylic acids is 2. The van der Waals surface area contributed by atoms with Crippen LogP contribution in [0.4, 0.5) is 5.69 Å². The summed E-state index contributed by atoms with van der Waals surface area (Å²) in [6.07, 6.45) is 3.19. The van der Waals surface area contributed by atoms with Crippen molar-refractivity contribution in [3.8, 4) is 0 Å². The second kappa shape index (κ2) is 8.49. The van der Waals surface area contributed by atoms with Gasteiger partial charge in [0.2, 0.25) is 10.0 Å². The van der Waals surface area contributed by atoms with Crippen molar-refractivity contribution in [2.75, 3.05) is 25.0 Å².